The number of anilines is 1. The molecule has 0 amide bonds. The Labute approximate surface area is 118 Å². The van der Waals surface area contributed by atoms with E-state index in [4.69, 9.17) is 11.6 Å². The normalized spacial score (nSPS) is 11.1. The number of halogens is 1. The van der Waals surface area contributed by atoms with Crippen molar-refractivity contribution in [3.8, 4) is 0 Å². The van der Waals surface area contributed by atoms with Gasteiger partial charge in [-0.05, 0) is 23.7 Å². The van der Waals surface area contributed by atoms with Crippen molar-refractivity contribution in [2.24, 2.45) is 0 Å². The Balaban J connectivity index is 2.35. The molecule has 0 aliphatic rings. The Morgan fingerprint density at radius 2 is 2.05 bits per heavy atom. The second kappa shape index (κ2) is 5.39. The van der Waals surface area contributed by atoms with Gasteiger partial charge in [0.2, 0.25) is 5.28 Å². The third kappa shape index (κ3) is 3.19. The second-order valence-corrected chi connectivity index (χ2v) is 5.59. The molecule has 1 N–H and O–H groups in total. The largest absolute Gasteiger partial charge is 0.270 e. The summed E-state index contributed by atoms with van der Waals surface area (Å²) in [5.41, 5.74) is -0.325. The first-order chi connectivity index (χ1) is 9.38. The van der Waals surface area contributed by atoms with Crippen molar-refractivity contribution in [2.75, 3.05) is 4.72 Å². The van der Waals surface area contributed by atoms with Gasteiger partial charge in [0.05, 0.1) is 9.82 Å². The van der Waals surface area contributed by atoms with Crippen molar-refractivity contribution in [3.63, 3.8) is 0 Å². The van der Waals surface area contributed by atoms with Crippen molar-refractivity contribution in [2.45, 2.75) is 4.90 Å². The number of hydrogen-bond acceptors (Lipinski definition) is 6. The molecule has 20 heavy (non-hydrogen) atoms. The molecule has 2 rings (SSSR count). The van der Waals surface area contributed by atoms with Crippen molar-refractivity contribution in [3.05, 3.63) is 51.9 Å². The van der Waals surface area contributed by atoms with E-state index >= 15 is 0 Å². The molecule has 0 aliphatic heterocycles. The van der Waals surface area contributed by atoms with E-state index in [1.807, 2.05) is 0 Å². The van der Waals surface area contributed by atoms with Gasteiger partial charge < -0.3 is 0 Å². The number of rotatable bonds is 4. The molecule has 1 aromatic heterocycles. The lowest BCUT2D eigenvalue weighted by atomic mass is 10.3. The maximum absolute atomic E-state index is 12.1. The minimum Gasteiger partial charge on any atom is -0.263 e. The zero-order chi connectivity index (χ0) is 14.8. The van der Waals surface area contributed by atoms with E-state index in [2.05, 4.69) is 14.7 Å². The van der Waals surface area contributed by atoms with Gasteiger partial charge in [-0.1, -0.05) is 6.07 Å². The zero-order valence-electron chi connectivity index (χ0n) is 9.72. The first kappa shape index (κ1) is 14.2. The number of nitro groups is 1. The number of benzene rings is 1. The zero-order valence-corrected chi connectivity index (χ0v) is 11.3. The fourth-order valence-corrected chi connectivity index (χ4v) is 2.54. The van der Waals surface area contributed by atoms with Crippen LogP contribution in [0.15, 0.2) is 41.4 Å². The Kier molecular flexibility index (Phi) is 3.81. The van der Waals surface area contributed by atoms with Crippen LogP contribution in [0.5, 0.6) is 0 Å². The molecule has 8 nitrogen and oxygen atoms in total. The van der Waals surface area contributed by atoms with Gasteiger partial charge in [0, 0.05) is 18.3 Å². The maximum Gasteiger partial charge on any atom is 0.270 e. The maximum atomic E-state index is 12.1. The highest BCUT2D eigenvalue weighted by atomic mass is 35.5. The van der Waals surface area contributed by atoms with Gasteiger partial charge in [-0.15, -0.1) is 0 Å². The van der Waals surface area contributed by atoms with Crippen LogP contribution in [-0.2, 0) is 10.0 Å². The quantitative estimate of drug-likeness (QED) is 0.523. The lowest BCUT2D eigenvalue weighted by Crippen LogP contribution is -2.14. The number of nitrogens with one attached hydrogen (secondary N) is 1. The van der Waals surface area contributed by atoms with Crippen LogP contribution in [0.3, 0.4) is 0 Å². The highest BCUT2D eigenvalue weighted by molar-refractivity contribution is 7.92. The number of aromatic nitrogens is 2. The molecular formula is C10H7ClN4O4S. The van der Waals surface area contributed by atoms with Crippen molar-refractivity contribution >= 4 is 33.1 Å². The molecule has 0 fully saturated rings. The first-order valence-corrected chi connectivity index (χ1v) is 7.00. The molecule has 10 heteroatoms. The predicted octanol–water partition coefficient (Wildman–Crippen LogP) is 1.84. The summed E-state index contributed by atoms with van der Waals surface area (Å²) in [5.74, 6) is -0.0310. The molecule has 0 aliphatic carbocycles. The molecular weight excluding hydrogens is 308 g/mol. The third-order valence-corrected chi connectivity index (χ3v) is 3.74. The van der Waals surface area contributed by atoms with Crippen LogP contribution in [0, 0.1) is 10.1 Å². The Morgan fingerprint density at radius 1 is 1.30 bits per heavy atom. The van der Waals surface area contributed by atoms with E-state index in [1.165, 1.54) is 30.5 Å². The number of sulfonamides is 1. The van der Waals surface area contributed by atoms with Gasteiger partial charge in [0.25, 0.3) is 15.7 Å². The van der Waals surface area contributed by atoms with Gasteiger partial charge in [0.1, 0.15) is 5.82 Å². The van der Waals surface area contributed by atoms with Gasteiger partial charge >= 0.3 is 0 Å². The summed E-state index contributed by atoms with van der Waals surface area (Å²) in [7, 11) is -3.99. The van der Waals surface area contributed by atoms with E-state index in [0.717, 1.165) is 6.07 Å². The topological polar surface area (TPSA) is 115 Å². The van der Waals surface area contributed by atoms with Crippen LogP contribution >= 0.6 is 11.6 Å². The molecule has 0 bridgehead atoms. The molecule has 1 heterocycles. The molecule has 2 aromatic rings. The van der Waals surface area contributed by atoms with Crippen LogP contribution in [0.25, 0.3) is 0 Å². The molecule has 0 atom stereocenters. The van der Waals surface area contributed by atoms with Gasteiger partial charge in [-0.2, -0.15) is 4.98 Å². The smallest absolute Gasteiger partial charge is 0.263 e. The highest BCUT2D eigenvalue weighted by Crippen LogP contribution is 2.19. The van der Waals surface area contributed by atoms with Gasteiger partial charge in [-0.25, -0.2) is 13.4 Å². The molecule has 0 spiro atoms. The van der Waals surface area contributed by atoms with Gasteiger partial charge in [-0.3, -0.25) is 14.8 Å². The summed E-state index contributed by atoms with van der Waals surface area (Å²) in [6.45, 7) is 0. The Bertz CT molecular complexity index is 765. The van der Waals surface area contributed by atoms with Crippen molar-refractivity contribution in [1.29, 1.82) is 0 Å². The Hall–Kier alpha value is -2.26. The van der Waals surface area contributed by atoms with Crippen LogP contribution < -0.4 is 4.72 Å². The van der Waals surface area contributed by atoms with Crippen LogP contribution in [-0.4, -0.2) is 23.3 Å². The van der Waals surface area contributed by atoms with E-state index in [-0.39, 0.29) is 21.7 Å². The Morgan fingerprint density at radius 3 is 2.70 bits per heavy atom. The monoisotopic (exact) mass is 314 g/mol. The number of nitrogens with zero attached hydrogens (tertiary/aromatic N) is 3. The lowest BCUT2D eigenvalue weighted by Gasteiger charge is -2.06. The minimum atomic E-state index is -3.99. The summed E-state index contributed by atoms with van der Waals surface area (Å²) in [6.07, 6.45) is 1.28. The number of hydrogen-bond donors (Lipinski definition) is 1. The standard InChI is InChI=1S/C10H7ClN4O4S/c11-10-12-5-4-9(13-10)14-20(18,19)8-3-1-2-7(6-8)15(16)17/h1-6H,(H,12,13,14). The van der Waals surface area contributed by atoms with Gasteiger partial charge in [0.15, 0.2) is 0 Å². The van der Waals surface area contributed by atoms with Crippen LogP contribution in [0.2, 0.25) is 5.28 Å². The summed E-state index contributed by atoms with van der Waals surface area (Å²) in [4.78, 5) is 17.0. The van der Waals surface area contributed by atoms with Crippen molar-refractivity contribution in [1.82, 2.24) is 9.97 Å². The molecule has 0 radical (unpaired) electrons. The van der Waals surface area contributed by atoms with E-state index in [9.17, 15) is 18.5 Å². The third-order valence-electron chi connectivity index (χ3n) is 2.20. The lowest BCUT2D eigenvalue weighted by molar-refractivity contribution is -0.385. The predicted molar refractivity (Wildman–Crippen MR) is 70.9 cm³/mol. The molecule has 0 saturated carbocycles. The van der Waals surface area contributed by atoms with E-state index in [1.54, 1.807) is 0 Å². The highest BCUT2D eigenvalue weighted by Gasteiger charge is 2.18. The van der Waals surface area contributed by atoms with Crippen molar-refractivity contribution < 1.29 is 13.3 Å². The minimum absolute atomic E-state index is 0.0310. The molecule has 0 saturated heterocycles. The first-order valence-electron chi connectivity index (χ1n) is 5.14. The fourth-order valence-electron chi connectivity index (χ4n) is 1.35. The SMILES string of the molecule is O=[N+]([O-])c1cccc(S(=O)(=O)Nc2ccnc(Cl)n2)c1. The molecule has 1 aromatic carbocycles. The average molecular weight is 315 g/mol. The summed E-state index contributed by atoms with van der Waals surface area (Å²) in [6, 6.07) is 5.96. The van der Waals surface area contributed by atoms with E-state index in [0.29, 0.717) is 0 Å². The summed E-state index contributed by atoms with van der Waals surface area (Å²) < 4.78 is 26.3. The average Bonchev–Trinajstić information content (AvgIpc) is 2.38. The fraction of sp³-hybridized carbons (Fsp3) is 0. The number of nitro benzene ring substituents is 1. The van der Waals surface area contributed by atoms with Crippen LogP contribution in [0.1, 0.15) is 0 Å². The molecule has 0 unspecified atom stereocenters. The second-order valence-electron chi connectivity index (χ2n) is 3.57. The molecule has 104 valence electrons. The summed E-state index contributed by atoms with van der Waals surface area (Å²) >= 11 is 5.54. The van der Waals surface area contributed by atoms with E-state index < -0.39 is 14.9 Å². The van der Waals surface area contributed by atoms with Crippen LogP contribution in [0.4, 0.5) is 11.5 Å². The summed E-state index contributed by atoms with van der Waals surface area (Å²) in [5, 5.41) is 10.5. The number of non-ortho nitro benzene ring substituents is 1.